The van der Waals surface area contributed by atoms with Gasteiger partial charge in [-0.25, -0.2) is 4.79 Å². The van der Waals surface area contributed by atoms with Crippen LogP contribution in [0.1, 0.15) is 28.4 Å². The third kappa shape index (κ3) is 5.97. The van der Waals surface area contributed by atoms with E-state index < -0.39 is 23.9 Å². The Hall–Kier alpha value is -3.55. The van der Waals surface area contributed by atoms with Crippen LogP contribution in [0.3, 0.4) is 0 Å². The molecule has 0 aromatic heterocycles. The fourth-order valence-corrected chi connectivity index (χ4v) is 2.53. The van der Waals surface area contributed by atoms with Gasteiger partial charge in [0.2, 0.25) is 0 Å². The van der Waals surface area contributed by atoms with Crippen molar-refractivity contribution < 1.29 is 28.6 Å². The third-order valence-corrected chi connectivity index (χ3v) is 4.06. The Morgan fingerprint density at radius 2 is 1.79 bits per heavy atom. The molecule has 2 rings (SSSR count). The van der Waals surface area contributed by atoms with Crippen molar-refractivity contribution in [3.63, 3.8) is 0 Å². The van der Waals surface area contributed by atoms with Gasteiger partial charge < -0.3 is 25.3 Å². The number of hydrogen-bond acceptors (Lipinski definition) is 6. The zero-order chi connectivity index (χ0) is 21.6. The maximum absolute atomic E-state index is 12.4. The summed E-state index contributed by atoms with van der Waals surface area (Å²) in [6.45, 7) is 5.00. The minimum absolute atomic E-state index is 0.166. The van der Waals surface area contributed by atoms with Crippen LogP contribution in [0.15, 0.2) is 36.4 Å². The minimum Gasteiger partial charge on any atom is -0.493 e. The number of carbonyl (C=O) groups excluding carboxylic acids is 3. The van der Waals surface area contributed by atoms with Crippen LogP contribution in [0.4, 0.5) is 5.69 Å². The Labute approximate surface area is 168 Å². The van der Waals surface area contributed by atoms with Crippen LogP contribution in [0.2, 0.25) is 0 Å². The van der Waals surface area contributed by atoms with Crippen molar-refractivity contribution in [2.24, 2.45) is 5.73 Å². The number of carbonyl (C=O) groups is 3. The van der Waals surface area contributed by atoms with E-state index in [2.05, 4.69) is 5.32 Å². The molecule has 8 heteroatoms. The van der Waals surface area contributed by atoms with Crippen molar-refractivity contribution in [3.05, 3.63) is 53.1 Å². The highest BCUT2D eigenvalue weighted by Crippen LogP contribution is 2.28. The van der Waals surface area contributed by atoms with E-state index in [1.807, 2.05) is 26.0 Å². The van der Waals surface area contributed by atoms with Gasteiger partial charge in [-0.1, -0.05) is 17.7 Å². The number of esters is 1. The van der Waals surface area contributed by atoms with Crippen LogP contribution in [0.25, 0.3) is 0 Å². The van der Waals surface area contributed by atoms with Gasteiger partial charge in [0.25, 0.3) is 11.8 Å². The van der Waals surface area contributed by atoms with Gasteiger partial charge in [0.05, 0.1) is 12.7 Å². The fourth-order valence-electron chi connectivity index (χ4n) is 2.53. The number of ether oxygens (including phenoxy) is 3. The second kappa shape index (κ2) is 9.59. The molecule has 0 aliphatic carbocycles. The number of amides is 2. The molecule has 0 spiro atoms. The summed E-state index contributed by atoms with van der Waals surface area (Å²) in [4.78, 5) is 35.6. The molecule has 2 aromatic carbocycles. The van der Waals surface area contributed by atoms with Gasteiger partial charge in [-0.2, -0.15) is 0 Å². The lowest BCUT2D eigenvalue weighted by atomic mass is 10.1. The SMILES string of the molecule is COc1cc(C(=O)OC(C)C(=O)Nc2ccc(C)cc2C)ccc1OCC(N)=O. The van der Waals surface area contributed by atoms with Gasteiger partial charge in [-0.15, -0.1) is 0 Å². The average molecular weight is 400 g/mol. The van der Waals surface area contributed by atoms with Gasteiger partial charge in [-0.3, -0.25) is 9.59 Å². The zero-order valence-electron chi connectivity index (χ0n) is 16.8. The first kappa shape index (κ1) is 21.7. The van der Waals surface area contributed by atoms with Crippen LogP contribution in [-0.4, -0.2) is 37.6 Å². The molecule has 0 aliphatic rings. The molecule has 0 aliphatic heterocycles. The van der Waals surface area contributed by atoms with Crippen LogP contribution < -0.4 is 20.5 Å². The molecule has 2 aromatic rings. The number of anilines is 1. The topological polar surface area (TPSA) is 117 Å². The molecule has 3 N–H and O–H groups in total. The van der Waals surface area contributed by atoms with Gasteiger partial charge in [0.1, 0.15) is 0 Å². The molecule has 1 unspecified atom stereocenters. The number of nitrogens with two attached hydrogens (primary N) is 1. The van der Waals surface area contributed by atoms with E-state index in [-0.39, 0.29) is 23.7 Å². The van der Waals surface area contributed by atoms with Gasteiger partial charge in [0, 0.05) is 5.69 Å². The van der Waals surface area contributed by atoms with E-state index in [4.69, 9.17) is 19.9 Å². The Morgan fingerprint density at radius 3 is 2.41 bits per heavy atom. The van der Waals surface area contributed by atoms with Crippen molar-refractivity contribution >= 4 is 23.5 Å². The van der Waals surface area contributed by atoms with Crippen molar-refractivity contribution in [2.75, 3.05) is 19.0 Å². The molecule has 2 amide bonds. The molecular weight excluding hydrogens is 376 g/mol. The average Bonchev–Trinajstić information content (AvgIpc) is 2.68. The highest BCUT2D eigenvalue weighted by atomic mass is 16.5. The Morgan fingerprint density at radius 1 is 1.07 bits per heavy atom. The predicted molar refractivity (Wildman–Crippen MR) is 107 cm³/mol. The van der Waals surface area contributed by atoms with E-state index in [0.29, 0.717) is 5.69 Å². The smallest absolute Gasteiger partial charge is 0.339 e. The highest BCUT2D eigenvalue weighted by molar-refractivity contribution is 5.98. The Kier molecular flexibility index (Phi) is 7.19. The first-order valence-electron chi connectivity index (χ1n) is 8.89. The van der Waals surface area contributed by atoms with Crippen LogP contribution in [-0.2, 0) is 14.3 Å². The van der Waals surface area contributed by atoms with Crippen LogP contribution >= 0.6 is 0 Å². The van der Waals surface area contributed by atoms with Crippen molar-refractivity contribution in [3.8, 4) is 11.5 Å². The number of benzene rings is 2. The summed E-state index contributed by atoms with van der Waals surface area (Å²) in [6.07, 6.45) is -1.01. The summed E-state index contributed by atoms with van der Waals surface area (Å²) in [7, 11) is 1.39. The van der Waals surface area contributed by atoms with Crippen molar-refractivity contribution in [1.82, 2.24) is 0 Å². The lowest BCUT2D eigenvalue weighted by Crippen LogP contribution is -2.30. The lowest BCUT2D eigenvalue weighted by molar-refractivity contribution is -0.123. The van der Waals surface area contributed by atoms with E-state index in [1.54, 1.807) is 6.07 Å². The zero-order valence-corrected chi connectivity index (χ0v) is 16.8. The molecule has 1 atom stereocenters. The quantitative estimate of drug-likeness (QED) is 0.657. The maximum Gasteiger partial charge on any atom is 0.339 e. The summed E-state index contributed by atoms with van der Waals surface area (Å²) in [6, 6.07) is 9.92. The molecule has 0 heterocycles. The molecule has 0 saturated heterocycles. The third-order valence-electron chi connectivity index (χ3n) is 4.06. The summed E-state index contributed by atoms with van der Waals surface area (Å²) >= 11 is 0. The maximum atomic E-state index is 12.4. The molecule has 0 saturated carbocycles. The van der Waals surface area contributed by atoms with Crippen LogP contribution in [0.5, 0.6) is 11.5 Å². The number of methoxy groups -OCH3 is 1. The Bertz CT molecular complexity index is 925. The predicted octanol–water partition coefficient (Wildman–Crippen LogP) is 2.36. The molecule has 0 radical (unpaired) electrons. The van der Waals surface area contributed by atoms with Crippen LogP contribution in [0, 0.1) is 13.8 Å². The van der Waals surface area contributed by atoms with Crippen molar-refractivity contribution in [1.29, 1.82) is 0 Å². The lowest BCUT2D eigenvalue weighted by Gasteiger charge is -2.16. The number of hydrogen-bond donors (Lipinski definition) is 2. The molecule has 8 nitrogen and oxygen atoms in total. The van der Waals surface area contributed by atoms with Gasteiger partial charge in [0.15, 0.2) is 24.2 Å². The summed E-state index contributed by atoms with van der Waals surface area (Å²) in [5.41, 5.74) is 7.86. The number of primary amides is 1. The largest absolute Gasteiger partial charge is 0.493 e. The van der Waals surface area contributed by atoms with Crippen molar-refractivity contribution in [2.45, 2.75) is 26.9 Å². The van der Waals surface area contributed by atoms with Gasteiger partial charge in [-0.05, 0) is 50.6 Å². The van der Waals surface area contributed by atoms with E-state index >= 15 is 0 Å². The normalized spacial score (nSPS) is 11.3. The number of rotatable bonds is 8. The van der Waals surface area contributed by atoms with Gasteiger partial charge >= 0.3 is 5.97 Å². The summed E-state index contributed by atoms with van der Waals surface area (Å²) < 4.78 is 15.6. The molecule has 154 valence electrons. The Balaban J connectivity index is 2.04. The standard InChI is InChI=1S/C21H24N2O6/c1-12-5-7-16(13(2)9-12)23-20(25)14(3)29-21(26)15-6-8-17(18(10-15)27-4)28-11-19(22)24/h5-10,14H,11H2,1-4H3,(H2,22,24)(H,23,25). The minimum atomic E-state index is -1.01. The molecule has 29 heavy (non-hydrogen) atoms. The fraction of sp³-hybridized carbons (Fsp3) is 0.286. The molecule has 0 fully saturated rings. The van der Waals surface area contributed by atoms with E-state index in [1.165, 1.54) is 32.2 Å². The first-order valence-corrected chi connectivity index (χ1v) is 8.89. The summed E-state index contributed by atoms with van der Waals surface area (Å²) in [5, 5.41) is 2.75. The van der Waals surface area contributed by atoms with E-state index in [0.717, 1.165) is 11.1 Å². The second-order valence-corrected chi connectivity index (χ2v) is 6.48. The monoisotopic (exact) mass is 400 g/mol. The molecule has 0 bridgehead atoms. The highest BCUT2D eigenvalue weighted by Gasteiger charge is 2.21. The molecular formula is C21H24N2O6. The second-order valence-electron chi connectivity index (χ2n) is 6.48. The van der Waals surface area contributed by atoms with E-state index in [9.17, 15) is 14.4 Å². The number of nitrogens with one attached hydrogen (secondary N) is 1. The summed E-state index contributed by atoms with van der Waals surface area (Å²) in [5.74, 6) is -1.30. The number of aryl methyl sites for hydroxylation is 2. The first-order chi connectivity index (χ1) is 13.7.